The van der Waals surface area contributed by atoms with Crippen molar-refractivity contribution in [2.24, 2.45) is 0 Å². The second kappa shape index (κ2) is 9.44. The van der Waals surface area contributed by atoms with Gasteiger partial charge in [-0.25, -0.2) is 4.79 Å². The van der Waals surface area contributed by atoms with Crippen LogP contribution in [-0.2, 0) is 4.74 Å². The first-order valence-corrected chi connectivity index (χ1v) is 10.5. The van der Waals surface area contributed by atoms with E-state index >= 15 is 0 Å². The molecule has 9 nitrogen and oxygen atoms in total. The van der Waals surface area contributed by atoms with Crippen molar-refractivity contribution in [3.63, 3.8) is 0 Å². The lowest BCUT2D eigenvalue weighted by Gasteiger charge is -2.42. The molecule has 3 rings (SSSR count). The highest BCUT2D eigenvalue weighted by molar-refractivity contribution is 5.73. The van der Waals surface area contributed by atoms with Crippen LogP contribution >= 0.6 is 0 Å². The van der Waals surface area contributed by atoms with Crippen LogP contribution in [0.3, 0.4) is 0 Å². The molecule has 1 N–H and O–H groups in total. The molecular formula is C23H29N3O6. The average Bonchev–Trinajstić information content (AvgIpc) is 2.74. The zero-order valence-corrected chi connectivity index (χ0v) is 18.8. The number of rotatable bonds is 5. The summed E-state index contributed by atoms with van der Waals surface area (Å²) in [6.45, 7) is 7.66. The fraction of sp³-hybridized carbons (Fsp3) is 0.435. The van der Waals surface area contributed by atoms with Crippen LogP contribution in [0.15, 0.2) is 42.5 Å². The van der Waals surface area contributed by atoms with Crippen LogP contribution in [0.1, 0.15) is 26.3 Å². The molecule has 1 aliphatic heterocycles. The summed E-state index contributed by atoms with van der Waals surface area (Å²) in [6.07, 6.45) is -0.511. The molecule has 1 saturated heterocycles. The molecular weight excluding hydrogens is 414 g/mol. The maximum Gasteiger partial charge on any atom is 0.410 e. The number of anilines is 1. The number of hydrogen-bond acceptors (Lipinski definition) is 7. The Morgan fingerprint density at radius 1 is 1.19 bits per heavy atom. The summed E-state index contributed by atoms with van der Waals surface area (Å²) in [4.78, 5) is 27.2. The summed E-state index contributed by atoms with van der Waals surface area (Å²) < 4.78 is 11.4. The molecule has 0 saturated carbocycles. The first kappa shape index (κ1) is 23.3. The van der Waals surface area contributed by atoms with E-state index in [9.17, 15) is 20.0 Å². The van der Waals surface area contributed by atoms with E-state index in [2.05, 4.69) is 0 Å². The van der Waals surface area contributed by atoms with E-state index in [0.717, 1.165) is 0 Å². The van der Waals surface area contributed by atoms with Gasteiger partial charge in [-0.05, 0) is 45.9 Å². The standard InChI is InChI=1S/C23H29N3O6/c1-16-20(31-18-8-6-5-7-9-18)11-10-19(26(29)30)21(16)24-12-13-25(17(14-24)15-27)22(28)32-23(2,3)4/h5-11,17,27H,12-15H2,1-4H3/t17-/m1/s1. The number of nitro groups is 1. The lowest BCUT2D eigenvalue weighted by molar-refractivity contribution is -0.384. The van der Waals surface area contributed by atoms with E-state index in [-0.39, 0.29) is 25.4 Å². The van der Waals surface area contributed by atoms with Crippen LogP contribution in [-0.4, -0.2) is 58.9 Å². The van der Waals surface area contributed by atoms with Crippen molar-refractivity contribution < 1.29 is 24.3 Å². The number of carbonyl (C=O) groups excluding carboxylic acids is 1. The molecule has 0 radical (unpaired) electrons. The molecule has 9 heteroatoms. The number of hydrogen-bond donors (Lipinski definition) is 1. The molecule has 172 valence electrons. The number of ether oxygens (including phenoxy) is 2. The monoisotopic (exact) mass is 443 g/mol. The van der Waals surface area contributed by atoms with Gasteiger partial charge in [0.1, 0.15) is 22.8 Å². The third-order valence-corrected chi connectivity index (χ3v) is 5.17. The normalized spacial score (nSPS) is 16.6. The van der Waals surface area contributed by atoms with Crippen molar-refractivity contribution in [1.82, 2.24) is 4.90 Å². The largest absolute Gasteiger partial charge is 0.457 e. The zero-order chi connectivity index (χ0) is 23.5. The summed E-state index contributed by atoms with van der Waals surface area (Å²) >= 11 is 0. The Bertz CT molecular complexity index is 974. The van der Waals surface area contributed by atoms with E-state index in [0.29, 0.717) is 29.3 Å². The van der Waals surface area contributed by atoms with Gasteiger partial charge >= 0.3 is 6.09 Å². The topological polar surface area (TPSA) is 105 Å². The Balaban J connectivity index is 1.90. The van der Waals surface area contributed by atoms with Crippen LogP contribution < -0.4 is 9.64 Å². The number of benzene rings is 2. The van der Waals surface area contributed by atoms with Gasteiger partial charge in [-0.2, -0.15) is 0 Å². The van der Waals surface area contributed by atoms with Gasteiger partial charge < -0.3 is 19.5 Å². The highest BCUT2D eigenvalue weighted by Gasteiger charge is 2.36. The van der Waals surface area contributed by atoms with Gasteiger partial charge in [0.15, 0.2) is 0 Å². The van der Waals surface area contributed by atoms with Crippen LogP contribution in [0, 0.1) is 17.0 Å². The molecule has 2 aromatic carbocycles. The molecule has 0 spiro atoms. The van der Waals surface area contributed by atoms with Gasteiger partial charge in [0.2, 0.25) is 0 Å². The van der Waals surface area contributed by atoms with E-state index in [1.807, 2.05) is 35.2 Å². The number of nitrogens with zero attached hydrogens (tertiary/aromatic N) is 3. The number of piperazine rings is 1. The van der Waals surface area contributed by atoms with Gasteiger partial charge in [0, 0.05) is 31.3 Å². The zero-order valence-electron chi connectivity index (χ0n) is 18.8. The summed E-state index contributed by atoms with van der Waals surface area (Å²) in [7, 11) is 0. The SMILES string of the molecule is Cc1c(Oc2ccccc2)ccc([N+](=O)[O-])c1N1CCN(C(=O)OC(C)(C)C)[C@@H](CO)C1. The molecule has 2 aromatic rings. The first-order valence-electron chi connectivity index (χ1n) is 10.5. The molecule has 1 heterocycles. The third-order valence-electron chi connectivity index (χ3n) is 5.17. The number of para-hydroxylation sites is 1. The molecule has 1 fully saturated rings. The Morgan fingerprint density at radius 2 is 1.88 bits per heavy atom. The average molecular weight is 444 g/mol. The smallest absolute Gasteiger partial charge is 0.410 e. The minimum Gasteiger partial charge on any atom is -0.457 e. The van der Waals surface area contributed by atoms with Crippen molar-refractivity contribution in [1.29, 1.82) is 0 Å². The fourth-order valence-corrected chi connectivity index (χ4v) is 3.72. The molecule has 1 atom stereocenters. The maximum atomic E-state index is 12.6. The second-order valence-electron chi connectivity index (χ2n) is 8.68. The number of amides is 1. The second-order valence-corrected chi connectivity index (χ2v) is 8.68. The van der Waals surface area contributed by atoms with Crippen molar-refractivity contribution >= 4 is 17.5 Å². The summed E-state index contributed by atoms with van der Waals surface area (Å²) in [5.41, 5.74) is 0.327. The van der Waals surface area contributed by atoms with Crippen LogP contribution in [0.5, 0.6) is 11.5 Å². The van der Waals surface area contributed by atoms with E-state index in [1.54, 1.807) is 33.8 Å². The van der Waals surface area contributed by atoms with E-state index < -0.39 is 22.7 Å². The van der Waals surface area contributed by atoms with Crippen LogP contribution in [0.2, 0.25) is 0 Å². The van der Waals surface area contributed by atoms with Gasteiger partial charge in [0.25, 0.3) is 5.69 Å². The Morgan fingerprint density at radius 3 is 2.47 bits per heavy atom. The fourth-order valence-electron chi connectivity index (χ4n) is 3.72. The lowest BCUT2D eigenvalue weighted by Crippen LogP contribution is -2.57. The first-order chi connectivity index (χ1) is 15.1. The number of aliphatic hydroxyl groups excluding tert-OH is 1. The van der Waals surface area contributed by atoms with Crippen molar-refractivity contribution in [2.75, 3.05) is 31.1 Å². The van der Waals surface area contributed by atoms with Crippen molar-refractivity contribution in [2.45, 2.75) is 39.3 Å². The highest BCUT2D eigenvalue weighted by Crippen LogP contribution is 2.40. The molecule has 0 unspecified atom stereocenters. The molecule has 1 amide bonds. The molecule has 0 aromatic heterocycles. The van der Waals surface area contributed by atoms with Crippen LogP contribution in [0.25, 0.3) is 0 Å². The Kier molecular flexibility index (Phi) is 6.88. The minimum atomic E-state index is -0.660. The van der Waals surface area contributed by atoms with Gasteiger partial charge in [-0.3, -0.25) is 15.0 Å². The Hall–Kier alpha value is -3.33. The van der Waals surface area contributed by atoms with Crippen molar-refractivity contribution in [3.05, 3.63) is 58.1 Å². The predicted molar refractivity (Wildman–Crippen MR) is 120 cm³/mol. The summed E-state index contributed by atoms with van der Waals surface area (Å²) in [6, 6.07) is 11.6. The summed E-state index contributed by atoms with van der Waals surface area (Å²) in [5.74, 6) is 1.13. The van der Waals surface area contributed by atoms with Gasteiger partial charge in [-0.15, -0.1) is 0 Å². The van der Waals surface area contributed by atoms with E-state index in [1.165, 1.54) is 11.0 Å². The maximum absolute atomic E-state index is 12.6. The van der Waals surface area contributed by atoms with Gasteiger partial charge in [-0.1, -0.05) is 18.2 Å². The van der Waals surface area contributed by atoms with Gasteiger partial charge in [0.05, 0.1) is 17.6 Å². The predicted octanol–water partition coefficient (Wildman–Crippen LogP) is 4.11. The molecule has 0 bridgehead atoms. The molecule has 0 aliphatic carbocycles. The van der Waals surface area contributed by atoms with E-state index in [4.69, 9.17) is 9.47 Å². The number of carbonyl (C=O) groups is 1. The lowest BCUT2D eigenvalue weighted by atomic mass is 10.1. The number of nitro benzene ring substituents is 1. The quantitative estimate of drug-likeness (QED) is 0.547. The highest BCUT2D eigenvalue weighted by atomic mass is 16.6. The molecule has 32 heavy (non-hydrogen) atoms. The van der Waals surface area contributed by atoms with Crippen LogP contribution in [0.4, 0.5) is 16.2 Å². The Labute approximate surface area is 187 Å². The summed E-state index contributed by atoms with van der Waals surface area (Å²) in [5, 5.41) is 21.7. The third kappa shape index (κ3) is 5.28. The molecule has 1 aliphatic rings. The number of aliphatic hydroxyl groups is 1. The minimum absolute atomic E-state index is 0.0506. The van der Waals surface area contributed by atoms with Crippen molar-refractivity contribution in [3.8, 4) is 11.5 Å².